The van der Waals surface area contributed by atoms with Crippen LogP contribution in [0, 0.1) is 11.3 Å². The van der Waals surface area contributed by atoms with Crippen LogP contribution in [0.3, 0.4) is 0 Å². The molecule has 1 aliphatic heterocycles. The van der Waals surface area contributed by atoms with E-state index in [0.29, 0.717) is 11.5 Å². The van der Waals surface area contributed by atoms with Gasteiger partial charge in [-0.15, -0.1) is 0 Å². The fourth-order valence-electron chi connectivity index (χ4n) is 3.21. The van der Waals surface area contributed by atoms with E-state index in [9.17, 15) is 0 Å². The Labute approximate surface area is 134 Å². The monoisotopic (exact) mass is 303 g/mol. The summed E-state index contributed by atoms with van der Waals surface area (Å²) in [5.74, 6) is 1.51. The van der Waals surface area contributed by atoms with Crippen molar-refractivity contribution in [3.63, 3.8) is 0 Å². The molecule has 2 aromatic heterocycles. The van der Waals surface area contributed by atoms with E-state index in [1.165, 1.54) is 5.56 Å². The number of imidazole rings is 1. The molecule has 114 valence electrons. The molecule has 1 aliphatic rings. The van der Waals surface area contributed by atoms with Crippen LogP contribution in [-0.4, -0.2) is 32.9 Å². The van der Waals surface area contributed by atoms with E-state index >= 15 is 0 Å². The molecule has 5 heteroatoms. The molecule has 4 rings (SSSR count). The molecule has 0 amide bonds. The summed E-state index contributed by atoms with van der Waals surface area (Å²) in [6, 6.07) is 12.0. The summed E-state index contributed by atoms with van der Waals surface area (Å²) >= 11 is 0. The van der Waals surface area contributed by atoms with Crippen LogP contribution in [0.4, 0.5) is 0 Å². The van der Waals surface area contributed by atoms with E-state index < -0.39 is 0 Å². The Bertz CT molecular complexity index is 826. The smallest absolute Gasteiger partial charge is 0.111 e. The minimum atomic E-state index is 0.445. The third-order valence-electron chi connectivity index (χ3n) is 4.45. The number of rotatable bonds is 3. The third kappa shape index (κ3) is 2.81. The maximum absolute atomic E-state index is 8.86. The maximum atomic E-state index is 8.86. The lowest BCUT2D eigenvalue weighted by atomic mass is 10.1. The molecule has 1 N–H and O–H groups in total. The van der Waals surface area contributed by atoms with Gasteiger partial charge in [0.05, 0.1) is 28.9 Å². The van der Waals surface area contributed by atoms with Crippen molar-refractivity contribution in [1.82, 2.24) is 19.9 Å². The summed E-state index contributed by atoms with van der Waals surface area (Å²) in [7, 11) is 0. The minimum Gasteiger partial charge on any atom is -0.340 e. The quantitative estimate of drug-likeness (QED) is 0.808. The zero-order chi connectivity index (χ0) is 15.6. The highest BCUT2D eigenvalue weighted by atomic mass is 15.2. The predicted octanol–water partition coefficient (Wildman–Crippen LogP) is 2.82. The maximum Gasteiger partial charge on any atom is 0.111 e. The molecule has 1 saturated heterocycles. The van der Waals surface area contributed by atoms with E-state index in [2.05, 4.69) is 20.9 Å². The zero-order valence-corrected chi connectivity index (χ0v) is 12.7. The molecule has 0 spiro atoms. The summed E-state index contributed by atoms with van der Waals surface area (Å²) < 4.78 is 0. The normalized spacial score (nSPS) is 18.3. The van der Waals surface area contributed by atoms with Crippen LogP contribution in [0.25, 0.3) is 11.0 Å². The second-order valence-corrected chi connectivity index (χ2v) is 6.04. The molecule has 0 radical (unpaired) electrons. The van der Waals surface area contributed by atoms with Gasteiger partial charge in [-0.2, -0.15) is 5.26 Å². The van der Waals surface area contributed by atoms with Gasteiger partial charge in [-0.3, -0.25) is 9.88 Å². The summed E-state index contributed by atoms with van der Waals surface area (Å²) in [6.07, 6.45) is 4.72. The average Bonchev–Trinajstić information content (AvgIpc) is 3.21. The predicted molar refractivity (Wildman–Crippen MR) is 87.7 cm³/mol. The van der Waals surface area contributed by atoms with Gasteiger partial charge in [0.1, 0.15) is 5.82 Å². The lowest BCUT2D eigenvalue weighted by Gasteiger charge is -2.15. The molecule has 1 aromatic carbocycles. The van der Waals surface area contributed by atoms with Crippen LogP contribution >= 0.6 is 0 Å². The summed E-state index contributed by atoms with van der Waals surface area (Å²) in [5.41, 5.74) is 3.95. The minimum absolute atomic E-state index is 0.445. The first-order valence-electron chi connectivity index (χ1n) is 7.83. The molecule has 1 fully saturated rings. The van der Waals surface area contributed by atoms with E-state index in [1.807, 2.05) is 36.5 Å². The van der Waals surface area contributed by atoms with E-state index in [4.69, 9.17) is 10.2 Å². The number of nitrogens with one attached hydrogen (secondary N) is 1. The fraction of sp³-hybridized carbons (Fsp3) is 0.278. The van der Waals surface area contributed by atoms with Crippen LogP contribution in [0.2, 0.25) is 0 Å². The molecule has 5 nitrogen and oxygen atoms in total. The molecule has 0 aliphatic carbocycles. The van der Waals surface area contributed by atoms with Crippen LogP contribution in [0.5, 0.6) is 0 Å². The van der Waals surface area contributed by atoms with Crippen LogP contribution in [0.1, 0.15) is 29.3 Å². The van der Waals surface area contributed by atoms with Crippen molar-refractivity contribution in [3.05, 3.63) is 59.7 Å². The third-order valence-corrected chi connectivity index (χ3v) is 4.45. The number of fused-ring (bicyclic) bond motifs is 1. The first-order valence-corrected chi connectivity index (χ1v) is 7.83. The highest BCUT2D eigenvalue weighted by Crippen LogP contribution is 2.27. The van der Waals surface area contributed by atoms with Crippen molar-refractivity contribution < 1.29 is 0 Å². The van der Waals surface area contributed by atoms with E-state index in [-0.39, 0.29) is 0 Å². The van der Waals surface area contributed by atoms with Gasteiger partial charge in [0.15, 0.2) is 0 Å². The Morgan fingerprint density at radius 3 is 2.91 bits per heavy atom. The van der Waals surface area contributed by atoms with Gasteiger partial charge in [-0.25, -0.2) is 4.98 Å². The van der Waals surface area contributed by atoms with Crippen molar-refractivity contribution in [2.24, 2.45) is 0 Å². The fourth-order valence-corrected chi connectivity index (χ4v) is 3.21. The molecule has 3 aromatic rings. The van der Waals surface area contributed by atoms with Crippen LogP contribution < -0.4 is 0 Å². The molecule has 1 unspecified atom stereocenters. The van der Waals surface area contributed by atoms with Gasteiger partial charge in [-0.1, -0.05) is 12.1 Å². The topological polar surface area (TPSA) is 68.6 Å². The van der Waals surface area contributed by atoms with Crippen molar-refractivity contribution in [2.75, 3.05) is 13.1 Å². The van der Waals surface area contributed by atoms with Gasteiger partial charge in [0.25, 0.3) is 0 Å². The van der Waals surface area contributed by atoms with Crippen molar-refractivity contribution in [2.45, 2.75) is 18.9 Å². The van der Waals surface area contributed by atoms with E-state index in [1.54, 1.807) is 6.20 Å². The SMILES string of the molecule is N#Cc1ccc(CN2CCC(c3nc4ccncc4[nH]3)C2)cc1. The number of hydrogen-bond acceptors (Lipinski definition) is 4. The first-order chi connectivity index (χ1) is 11.3. The largest absolute Gasteiger partial charge is 0.340 e. The highest BCUT2D eigenvalue weighted by molar-refractivity contribution is 5.73. The summed E-state index contributed by atoms with van der Waals surface area (Å²) in [5, 5.41) is 8.86. The molecule has 0 saturated carbocycles. The Balaban J connectivity index is 1.45. The van der Waals surface area contributed by atoms with Gasteiger partial charge < -0.3 is 4.98 Å². The first kappa shape index (κ1) is 13.9. The lowest BCUT2D eigenvalue weighted by Crippen LogP contribution is -2.19. The van der Waals surface area contributed by atoms with E-state index in [0.717, 1.165) is 42.9 Å². The molecule has 0 bridgehead atoms. The Kier molecular flexibility index (Phi) is 3.52. The van der Waals surface area contributed by atoms with Gasteiger partial charge >= 0.3 is 0 Å². The number of aromatic nitrogens is 3. The van der Waals surface area contributed by atoms with Gasteiger partial charge in [0.2, 0.25) is 0 Å². The lowest BCUT2D eigenvalue weighted by molar-refractivity contribution is 0.326. The summed E-state index contributed by atoms with van der Waals surface area (Å²) in [6.45, 7) is 3.00. The van der Waals surface area contributed by atoms with Crippen molar-refractivity contribution in [1.29, 1.82) is 5.26 Å². The number of likely N-dealkylation sites (tertiary alicyclic amines) is 1. The second-order valence-electron chi connectivity index (χ2n) is 6.04. The Morgan fingerprint density at radius 1 is 1.26 bits per heavy atom. The number of benzene rings is 1. The average molecular weight is 303 g/mol. The molecule has 3 heterocycles. The Morgan fingerprint density at radius 2 is 2.13 bits per heavy atom. The zero-order valence-electron chi connectivity index (χ0n) is 12.7. The van der Waals surface area contributed by atoms with Gasteiger partial charge in [-0.05, 0) is 36.7 Å². The second kappa shape index (κ2) is 5.82. The number of hydrogen-bond donors (Lipinski definition) is 1. The van der Waals surface area contributed by atoms with Crippen LogP contribution in [-0.2, 0) is 6.54 Å². The number of nitrogens with zero attached hydrogens (tertiary/aromatic N) is 4. The number of H-pyrrole nitrogens is 1. The standard InChI is InChI=1S/C18H17N5/c19-9-13-1-3-14(4-2-13)11-23-8-6-15(12-23)18-21-16-5-7-20-10-17(16)22-18/h1-5,7,10,15H,6,8,11-12H2,(H,21,22). The number of pyridine rings is 1. The van der Waals surface area contributed by atoms with Crippen LogP contribution in [0.15, 0.2) is 42.7 Å². The van der Waals surface area contributed by atoms with Crippen molar-refractivity contribution in [3.8, 4) is 6.07 Å². The number of nitriles is 1. The van der Waals surface area contributed by atoms with Gasteiger partial charge in [0, 0.05) is 25.2 Å². The molecule has 1 atom stereocenters. The summed E-state index contributed by atoms with van der Waals surface area (Å²) in [4.78, 5) is 14.7. The highest BCUT2D eigenvalue weighted by Gasteiger charge is 2.26. The number of aromatic amines is 1. The molecular weight excluding hydrogens is 286 g/mol. The molecular formula is C18H17N5. The van der Waals surface area contributed by atoms with Crippen molar-refractivity contribution >= 4 is 11.0 Å². The Hall–Kier alpha value is -2.71. The molecule has 23 heavy (non-hydrogen) atoms.